The molecule has 0 fully saturated rings. The molecule has 37 heavy (non-hydrogen) atoms. The Hall–Kier alpha value is -4.66. The zero-order valence-corrected chi connectivity index (χ0v) is 20.6. The molecule has 2 N–H and O–H groups in total. The quantitative estimate of drug-likeness (QED) is 0.324. The lowest BCUT2D eigenvalue weighted by Crippen LogP contribution is -2.48. The van der Waals surface area contributed by atoms with Gasteiger partial charge >= 0.3 is 0 Å². The van der Waals surface area contributed by atoms with Crippen LogP contribution in [0.2, 0.25) is 0 Å². The van der Waals surface area contributed by atoms with E-state index in [4.69, 9.17) is 14.0 Å². The number of aromatic nitrogens is 2. The lowest BCUT2D eigenvalue weighted by molar-refractivity contribution is -0.122. The summed E-state index contributed by atoms with van der Waals surface area (Å²) >= 11 is 0. The topological polar surface area (TPSA) is 116 Å². The van der Waals surface area contributed by atoms with Crippen LogP contribution in [0.4, 0.5) is 0 Å². The molecule has 0 aliphatic carbocycles. The number of carbonyl (C=O) groups excluding carboxylic acids is 2. The summed E-state index contributed by atoms with van der Waals surface area (Å²) in [6.07, 6.45) is 2.60. The van der Waals surface area contributed by atoms with Gasteiger partial charge in [-0.2, -0.15) is 0 Å². The van der Waals surface area contributed by atoms with E-state index in [1.54, 1.807) is 31.5 Å². The Morgan fingerprint density at radius 3 is 2.51 bits per heavy atom. The molecule has 0 radical (unpaired) electrons. The van der Waals surface area contributed by atoms with Crippen molar-refractivity contribution in [1.82, 2.24) is 20.8 Å². The average Bonchev–Trinajstić information content (AvgIpc) is 3.44. The minimum Gasteiger partial charge on any atom is -0.497 e. The van der Waals surface area contributed by atoms with Gasteiger partial charge in [0.05, 0.1) is 19.8 Å². The van der Waals surface area contributed by atoms with Crippen LogP contribution in [0.3, 0.4) is 0 Å². The van der Waals surface area contributed by atoms with Crippen LogP contribution in [0.25, 0.3) is 11.3 Å². The fraction of sp³-hybridized carbons (Fsp3) is 0.214. The maximum atomic E-state index is 13.1. The van der Waals surface area contributed by atoms with Gasteiger partial charge in [0.1, 0.15) is 17.5 Å². The number of nitrogens with one attached hydrogen (secondary N) is 2. The molecule has 0 aliphatic heterocycles. The minimum absolute atomic E-state index is 0.0409. The van der Waals surface area contributed by atoms with Gasteiger partial charge in [0.2, 0.25) is 5.91 Å². The first-order chi connectivity index (χ1) is 18.1. The summed E-state index contributed by atoms with van der Waals surface area (Å²) in [6.45, 7) is 0.390. The molecule has 9 heteroatoms. The first-order valence-electron chi connectivity index (χ1n) is 11.8. The number of hydrogen-bond acceptors (Lipinski definition) is 7. The third kappa shape index (κ3) is 6.72. The molecule has 0 bridgehead atoms. The van der Waals surface area contributed by atoms with Gasteiger partial charge in [0.15, 0.2) is 11.5 Å². The van der Waals surface area contributed by atoms with Crippen LogP contribution < -0.4 is 20.1 Å². The van der Waals surface area contributed by atoms with Gasteiger partial charge in [-0.1, -0.05) is 41.6 Å². The average molecular weight is 501 g/mol. The third-order valence-electron chi connectivity index (χ3n) is 5.73. The van der Waals surface area contributed by atoms with Crippen LogP contribution in [0, 0.1) is 0 Å². The van der Waals surface area contributed by atoms with E-state index in [0.717, 1.165) is 11.3 Å². The summed E-state index contributed by atoms with van der Waals surface area (Å²) in [7, 11) is 3.09. The lowest BCUT2D eigenvalue weighted by atomic mass is 10.0. The summed E-state index contributed by atoms with van der Waals surface area (Å²) in [5.74, 6) is 0.644. The number of rotatable bonds is 11. The zero-order valence-electron chi connectivity index (χ0n) is 20.6. The molecule has 9 nitrogen and oxygen atoms in total. The van der Waals surface area contributed by atoms with Crippen molar-refractivity contribution in [2.75, 3.05) is 20.8 Å². The smallest absolute Gasteiger partial charge is 0.274 e. The van der Waals surface area contributed by atoms with E-state index in [1.807, 2.05) is 48.5 Å². The molecule has 2 aromatic heterocycles. The van der Waals surface area contributed by atoms with Crippen molar-refractivity contribution in [1.29, 1.82) is 0 Å². The Kier molecular flexibility index (Phi) is 8.49. The zero-order chi connectivity index (χ0) is 26.0. The van der Waals surface area contributed by atoms with Crippen LogP contribution in [-0.4, -0.2) is 48.8 Å². The minimum atomic E-state index is -0.815. The van der Waals surface area contributed by atoms with E-state index in [2.05, 4.69) is 20.8 Å². The molecule has 0 spiro atoms. The monoisotopic (exact) mass is 500 g/mol. The van der Waals surface area contributed by atoms with E-state index < -0.39 is 11.9 Å². The number of nitrogens with zero attached hydrogens (tertiary/aromatic N) is 2. The number of hydrogen-bond donors (Lipinski definition) is 2. The first kappa shape index (κ1) is 25.4. The van der Waals surface area contributed by atoms with E-state index >= 15 is 0 Å². The van der Waals surface area contributed by atoms with Gasteiger partial charge in [0, 0.05) is 37.3 Å². The number of pyridine rings is 1. The molecule has 2 heterocycles. The van der Waals surface area contributed by atoms with E-state index in [-0.39, 0.29) is 11.6 Å². The molecule has 0 saturated carbocycles. The number of carbonyl (C=O) groups is 2. The first-order valence-corrected chi connectivity index (χ1v) is 11.8. The molecule has 0 unspecified atom stereocenters. The number of ether oxygens (including phenoxy) is 2. The third-order valence-corrected chi connectivity index (χ3v) is 5.73. The maximum absolute atomic E-state index is 13.1. The van der Waals surface area contributed by atoms with Gasteiger partial charge in [-0.15, -0.1) is 0 Å². The van der Waals surface area contributed by atoms with Gasteiger partial charge in [-0.3, -0.25) is 14.6 Å². The summed E-state index contributed by atoms with van der Waals surface area (Å²) in [5.41, 5.74) is 2.41. The number of benzene rings is 2. The summed E-state index contributed by atoms with van der Waals surface area (Å²) in [5, 5.41) is 9.62. The normalized spacial score (nSPS) is 11.4. The van der Waals surface area contributed by atoms with Crippen LogP contribution in [0.15, 0.2) is 83.5 Å². The van der Waals surface area contributed by atoms with E-state index in [9.17, 15) is 9.59 Å². The lowest BCUT2D eigenvalue weighted by Gasteiger charge is -2.18. The number of methoxy groups -OCH3 is 2. The van der Waals surface area contributed by atoms with Crippen molar-refractivity contribution in [2.45, 2.75) is 18.9 Å². The molecular weight excluding hydrogens is 472 g/mol. The maximum Gasteiger partial charge on any atom is 0.274 e. The second kappa shape index (κ2) is 12.3. The highest BCUT2D eigenvalue weighted by molar-refractivity contribution is 5.97. The van der Waals surface area contributed by atoms with Crippen LogP contribution in [0.1, 0.15) is 21.7 Å². The van der Waals surface area contributed by atoms with Crippen molar-refractivity contribution in [3.63, 3.8) is 0 Å². The largest absolute Gasteiger partial charge is 0.497 e. The second-order valence-corrected chi connectivity index (χ2v) is 8.22. The molecule has 190 valence electrons. The van der Waals surface area contributed by atoms with Gasteiger partial charge in [-0.25, -0.2) is 0 Å². The van der Waals surface area contributed by atoms with Crippen LogP contribution in [-0.2, 0) is 17.6 Å². The Morgan fingerprint density at radius 2 is 1.78 bits per heavy atom. The summed E-state index contributed by atoms with van der Waals surface area (Å²) in [4.78, 5) is 30.4. The van der Waals surface area contributed by atoms with Gasteiger partial charge in [-0.05, 0) is 35.9 Å². The predicted molar refractivity (Wildman–Crippen MR) is 137 cm³/mol. The molecular formula is C28H28N4O5. The molecule has 0 aliphatic rings. The molecule has 4 aromatic rings. The van der Waals surface area contributed by atoms with Crippen molar-refractivity contribution >= 4 is 11.8 Å². The van der Waals surface area contributed by atoms with Gasteiger partial charge in [0.25, 0.3) is 5.91 Å². The Labute approximate surface area is 214 Å². The van der Waals surface area contributed by atoms with Gasteiger partial charge < -0.3 is 24.6 Å². The second-order valence-electron chi connectivity index (χ2n) is 8.22. The Balaban J connectivity index is 1.48. The van der Waals surface area contributed by atoms with Crippen molar-refractivity contribution in [3.8, 4) is 22.8 Å². The Bertz CT molecular complexity index is 1320. The van der Waals surface area contributed by atoms with Crippen LogP contribution in [0.5, 0.6) is 11.5 Å². The summed E-state index contributed by atoms with van der Waals surface area (Å²) in [6, 6.07) is 21.0. The molecule has 2 amide bonds. The fourth-order valence-corrected chi connectivity index (χ4v) is 3.79. The SMILES string of the molecule is COc1ccc(OC)c(-c2cc(C(=O)N[C@@H](Cc3ccccc3)C(=O)NCCc3ccccn3)no2)c1. The van der Waals surface area contributed by atoms with Crippen molar-refractivity contribution in [2.24, 2.45) is 0 Å². The fourth-order valence-electron chi connectivity index (χ4n) is 3.79. The summed E-state index contributed by atoms with van der Waals surface area (Å²) < 4.78 is 16.1. The predicted octanol–water partition coefficient (Wildman–Crippen LogP) is 3.45. The van der Waals surface area contributed by atoms with E-state index in [1.165, 1.54) is 13.2 Å². The standard InChI is InChI=1S/C28H28N4O5/c1-35-21-11-12-25(36-2)22(17-21)26-18-24(32-37-26)28(34)31-23(16-19-8-4-3-5-9-19)27(33)30-15-13-20-10-6-7-14-29-20/h3-12,14,17-18,23H,13,15-16H2,1-2H3,(H,30,33)(H,31,34)/t23-/m0/s1. The Morgan fingerprint density at radius 1 is 0.973 bits per heavy atom. The molecule has 1 atom stereocenters. The highest BCUT2D eigenvalue weighted by atomic mass is 16.5. The highest BCUT2D eigenvalue weighted by Gasteiger charge is 2.24. The molecule has 2 aromatic carbocycles. The van der Waals surface area contributed by atoms with Crippen molar-refractivity contribution < 1.29 is 23.6 Å². The number of amides is 2. The molecule has 4 rings (SSSR count). The van der Waals surface area contributed by atoms with Crippen LogP contribution >= 0.6 is 0 Å². The van der Waals surface area contributed by atoms with E-state index in [0.29, 0.717) is 42.2 Å². The highest BCUT2D eigenvalue weighted by Crippen LogP contribution is 2.33. The molecule has 0 saturated heterocycles. The van der Waals surface area contributed by atoms with Crippen molar-refractivity contribution in [3.05, 3.63) is 95.9 Å².